The third-order valence-corrected chi connectivity index (χ3v) is 3.70. The van der Waals surface area contributed by atoms with Gasteiger partial charge in [-0.2, -0.15) is 0 Å². The van der Waals surface area contributed by atoms with Crippen LogP contribution in [0.15, 0.2) is 30.3 Å². The van der Waals surface area contributed by atoms with Gasteiger partial charge in [-0.3, -0.25) is 0 Å². The van der Waals surface area contributed by atoms with E-state index in [2.05, 4.69) is 5.32 Å². The number of benzene rings is 2. The molecule has 0 aliphatic carbocycles. The number of halogens is 3. The summed E-state index contributed by atoms with van der Waals surface area (Å²) in [6.45, 7) is 4.00. The summed E-state index contributed by atoms with van der Waals surface area (Å²) in [5.74, 6) is -1.83. The lowest BCUT2D eigenvalue weighted by atomic mass is 9.94. The number of hydrogen-bond acceptors (Lipinski definition) is 1. The zero-order valence-corrected chi connectivity index (χ0v) is 12.4. The minimum absolute atomic E-state index is 0.211. The van der Waals surface area contributed by atoms with Crippen molar-refractivity contribution in [3.63, 3.8) is 0 Å². The molecule has 106 valence electrons. The van der Waals surface area contributed by atoms with Crippen LogP contribution in [0.3, 0.4) is 0 Å². The average molecular weight is 296 g/mol. The van der Waals surface area contributed by atoms with E-state index >= 15 is 0 Å². The minimum Gasteiger partial charge on any atom is -0.309 e. The first-order valence-electron chi connectivity index (χ1n) is 6.33. The second-order valence-electron chi connectivity index (χ2n) is 4.87. The van der Waals surface area contributed by atoms with Crippen LogP contribution in [0.4, 0.5) is 8.78 Å². The highest BCUT2D eigenvalue weighted by Crippen LogP contribution is 2.31. The molecule has 0 radical (unpaired) electrons. The summed E-state index contributed by atoms with van der Waals surface area (Å²) in [4.78, 5) is 0. The molecule has 2 aromatic carbocycles. The van der Waals surface area contributed by atoms with E-state index in [1.165, 1.54) is 0 Å². The molecule has 0 heterocycles. The lowest BCUT2D eigenvalue weighted by Gasteiger charge is -2.21. The van der Waals surface area contributed by atoms with Gasteiger partial charge >= 0.3 is 0 Å². The van der Waals surface area contributed by atoms with Crippen LogP contribution in [-0.2, 0) is 0 Å². The largest absolute Gasteiger partial charge is 0.309 e. The maximum Gasteiger partial charge on any atom is 0.160 e. The molecule has 4 heteroatoms. The van der Waals surface area contributed by atoms with Crippen molar-refractivity contribution in [2.75, 3.05) is 7.05 Å². The summed E-state index contributed by atoms with van der Waals surface area (Å²) < 4.78 is 26.7. The fourth-order valence-electron chi connectivity index (χ4n) is 2.39. The normalized spacial score (nSPS) is 12.5. The van der Waals surface area contributed by atoms with Crippen LogP contribution in [0.2, 0.25) is 5.02 Å². The third kappa shape index (κ3) is 2.84. The Balaban J connectivity index is 2.55. The third-order valence-electron chi connectivity index (χ3n) is 3.38. The smallest absolute Gasteiger partial charge is 0.160 e. The van der Waals surface area contributed by atoms with Crippen molar-refractivity contribution in [3.8, 4) is 0 Å². The Morgan fingerprint density at radius 1 is 1.00 bits per heavy atom. The first kappa shape index (κ1) is 14.9. The summed E-state index contributed by atoms with van der Waals surface area (Å²) >= 11 is 6.06. The lowest BCUT2D eigenvalue weighted by molar-refractivity contribution is 0.505. The van der Waals surface area contributed by atoms with E-state index in [-0.39, 0.29) is 11.1 Å². The molecule has 0 spiro atoms. The van der Waals surface area contributed by atoms with Crippen LogP contribution in [0, 0.1) is 25.5 Å². The SMILES string of the molecule is CNC(c1ccc(C)cc1C)c1cc(F)c(F)cc1Cl. The van der Waals surface area contributed by atoms with Gasteiger partial charge in [0.1, 0.15) is 0 Å². The molecular weight excluding hydrogens is 280 g/mol. The number of rotatable bonds is 3. The molecule has 0 aliphatic heterocycles. The molecule has 2 aromatic rings. The first-order valence-corrected chi connectivity index (χ1v) is 6.70. The highest BCUT2D eigenvalue weighted by molar-refractivity contribution is 6.31. The van der Waals surface area contributed by atoms with E-state index in [4.69, 9.17) is 11.6 Å². The quantitative estimate of drug-likeness (QED) is 0.820. The van der Waals surface area contributed by atoms with Gasteiger partial charge < -0.3 is 5.32 Å². The summed E-state index contributed by atoms with van der Waals surface area (Å²) in [5.41, 5.74) is 3.74. The summed E-state index contributed by atoms with van der Waals surface area (Å²) in [6, 6.07) is 7.90. The maximum atomic E-state index is 13.5. The fourth-order valence-corrected chi connectivity index (χ4v) is 2.65. The van der Waals surface area contributed by atoms with Crippen molar-refractivity contribution >= 4 is 11.6 Å². The van der Waals surface area contributed by atoms with Gasteiger partial charge in [-0.15, -0.1) is 0 Å². The van der Waals surface area contributed by atoms with Crippen LogP contribution >= 0.6 is 11.6 Å². The van der Waals surface area contributed by atoms with Crippen LogP contribution in [0.5, 0.6) is 0 Å². The van der Waals surface area contributed by atoms with Gasteiger partial charge in [0.25, 0.3) is 0 Å². The Bertz CT molecular complexity index is 641. The highest BCUT2D eigenvalue weighted by Gasteiger charge is 2.19. The predicted octanol–water partition coefficient (Wildman–Crippen LogP) is 4.54. The van der Waals surface area contributed by atoms with Gasteiger partial charge in [0.15, 0.2) is 11.6 Å². The molecule has 2 rings (SSSR count). The van der Waals surface area contributed by atoms with Crippen LogP contribution in [0.1, 0.15) is 28.3 Å². The summed E-state index contributed by atoms with van der Waals surface area (Å²) in [5, 5.41) is 3.32. The molecule has 0 aromatic heterocycles. The van der Waals surface area contributed by atoms with E-state index in [0.29, 0.717) is 5.56 Å². The van der Waals surface area contributed by atoms with Crippen molar-refractivity contribution < 1.29 is 8.78 Å². The number of hydrogen-bond donors (Lipinski definition) is 1. The second kappa shape index (κ2) is 5.90. The standard InChI is InChI=1S/C16H16ClF2N/c1-9-4-5-11(10(2)6-9)16(20-3)12-7-14(18)15(19)8-13(12)17/h4-8,16,20H,1-3H3. The van der Waals surface area contributed by atoms with E-state index in [1.54, 1.807) is 7.05 Å². The molecule has 0 bridgehead atoms. The molecule has 1 nitrogen and oxygen atoms in total. The van der Waals surface area contributed by atoms with Gasteiger partial charge in [0.2, 0.25) is 0 Å². The van der Waals surface area contributed by atoms with Crippen LogP contribution in [-0.4, -0.2) is 7.05 Å². The summed E-state index contributed by atoms with van der Waals surface area (Å²) in [7, 11) is 1.77. The molecule has 0 saturated carbocycles. The second-order valence-corrected chi connectivity index (χ2v) is 5.28. The Labute approximate surface area is 122 Å². The van der Waals surface area contributed by atoms with Crippen LogP contribution < -0.4 is 5.32 Å². The molecule has 1 unspecified atom stereocenters. The first-order chi connectivity index (χ1) is 9.43. The molecule has 0 fully saturated rings. The van der Waals surface area contributed by atoms with Gasteiger partial charge in [-0.25, -0.2) is 8.78 Å². The zero-order chi connectivity index (χ0) is 14.9. The van der Waals surface area contributed by atoms with Crippen molar-refractivity contribution in [2.45, 2.75) is 19.9 Å². The van der Waals surface area contributed by atoms with E-state index in [0.717, 1.165) is 28.8 Å². The number of nitrogens with one attached hydrogen (secondary N) is 1. The predicted molar refractivity (Wildman–Crippen MR) is 78.2 cm³/mol. The van der Waals surface area contributed by atoms with Crippen molar-refractivity contribution in [1.29, 1.82) is 0 Å². The molecule has 0 amide bonds. The molecule has 0 saturated heterocycles. The molecule has 0 aliphatic rings. The van der Waals surface area contributed by atoms with E-state index < -0.39 is 11.6 Å². The number of aryl methyl sites for hydroxylation is 2. The van der Waals surface area contributed by atoms with Crippen LogP contribution in [0.25, 0.3) is 0 Å². The van der Waals surface area contributed by atoms with Crippen molar-refractivity contribution in [1.82, 2.24) is 5.32 Å². The van der Waals surface area contributed by atoms with Crippen molar-refractivity contribution in [3.05, 3.63) is 69.2 Å². The van der Waals surface area contributed by atoms with E-state index in [1.807, 2.05) is 32.0 Å². The average Bonchev–Trinajstić information content (AvgIpc) is 2.38. The topological polar surface area (TPSA) is 12.0 Å². The minimum atomic E-state index is -0.936. The van der Waals surface area contributed by atoms with Gasteiger partial charge in [0, 0.05) is 5.02 Å². The fraction of sp³-hybridized carbons (Fsp3) is 0.250. The monoisotopic (exact) mass is 295 g/mol. The van der Waals surface area contributed by atoms with Gasteiger partial charge in [0.05, 0.1) is 6.04 Å². The Kier molecular flexibility index (Phi) is 4.41. The Morgan fingerprint density at radius 3 is 2.25 bits per heavy atom. The van der Waals surface area contributed by atoms with Gasteiger partial charge in [-0.05, 0) is 49.7 Å². The zero-order valence-electron chi connectivity index (χ0n) is 11.6. The Morgan fingerprint density at radius 2 is 1.65 bits per heavy atom. The molecule has 1 N–H and O–H groups in total. The Hall–Kier alpha value is -1.45. The van der Waals surface area contributed by atoms with Crippen molar-refractivity contribution in [2.24, 2.45) is 0 Å². The maximum absolute atomic E-state index is 13.5. The molecule has 1 atom stereocenters. The highest BCUT2D eigenvalue weighted by atomic mass is 35.5. The lowest BCUT2D eigenvalue weighted by Crippen LogP contribution is -2.19. The molecule has 20 heavy (non-hydrogen) atoms. The van der Waals surface area contributed by atoms with E-state index in [9.17, 15) is 8.78 Å². The molecular formula is C16H16ClF2N. The summed E-state index contributed by atoms with van der Waals surface area (Å²) in [6.07, 6.45) is 0. The van der Waals surface area contributed by atoms with Gasteiger partial charge in [-0.1, -0.05) is 35.4 Å².